The van der Waals surface area contributed by atoms with Gasteiger partial charge in [-0.15, -0.1) is 0 Å². The zero-order valence-corrected chi connectivity index (χ0v) is 12.3. The van der Waals surface area contributed by atoms with Gasteiger partial charge >= 0.3 is 0 Å². The van der Waals surface area contributed by atoms with Crippen LogP contribution in [0.2, 0.25) is 0 Å². The molecule has 1 saturated carbocycles. The lowest BCUT2D eigenvalue weighted by Gasteiger charge is -2.37. The summed E-state index contributed by atoms with van der Waals surface area (Å²) in [5.74, 6) is 0. The molecule has 3 heteroatoms. The van der Waals surface area contributed by atoms with Gasteiger partial charge in [0.1, 0.15) is 0 Å². The quantitative estimate of drug-likeness (QED) is 0.827. The summed E-state index contributed by atoms with van der Waals surface area (Å²) in [5, 5.41) is 13.5. The van der Waals surface area contributed by atoms with E-state index in [9.17, 15) is 5.11 Å². The molecule has 1 fully saturated rings. The summed E-state index contributed by atoms with van der Waals surface area (Å²) in [6.07, 6.45) is 3.03. The number of nitrogens with zero attached hydrogens (tertiary/aromatic N) is 1. The summed E-state index contributed by atoms with van der Waals surface area (Å²) >= 11 is 0. The maximum absolute atomic E-state index is 10.1. The molecule has 1 unspecified atom stereocenters. The fourth-order valence-electron chi connectivity index (χ4n) is 2.42. The van der Waals surface area contributed by atoms with E-state index in [0.29, 0.717) is 6.54 Å². The summed E-state index contributed by atoms with van der Waals surface area (Å²) < 4.78 is 0. The van der Waals surface area contributed by atoms with Crippen LogP contribution < -0.4 is 10.2 Å². The van der Waals surface area contributed by atoms with Crippen LogP contribution in [0.4, 0.5) is 5.69 Å². The molecule has 1 aliphatic rings. The number of aliphatic hydroxyl groups is 1. The monoisotopic (exact) mass is 262 g/mol. The molecule has 1 aromatic rings. The standard InChI is InChI=1S/C16H26N2O/c1-4-18(3)15-8-6-14(7-9-15)13(2)17-12-16(19)10-5-11-16/h6-9,13,17,19H,4-5,10-12H2,1-3H3. The highest BCUT2D eigenvalue weighted by Crippen LogP contribution is 2.31. The number of anilines is 1. The lowest BCUT2D eigenvalue weighted by Crippen LogP contribution is -2.46. The van der Waals surface area contributed by atoms with Crippen LogP contribution >= 0.6 is 0 Å². The van der Waals surface area contributed by atoms with E-state index in [-0.39, 0.29) is 6.04 Å². The summed E-state index contributed by atoms with van der Waals surface area (Å²) in [7, 11) is 2.10. The van der Waals surface area contributed by atoms with Gasteiger partial charge in [0.2, 0.25) is 0 Å². The van der Waals surface area contributed by atoms with Crippen LogP contribution in [0.1, 0.15) is 44.7 Å². The van der Waals surface area contributed by atoms with Gasteiger partial charge in [0.15, 0.2) is 0 Å². The minimum absolute atomic E-state index is 0.283. The molecule has 1 aliphatic carbocycles. The second-order valence-electron chi connectivity index (χ2n) is 5.79. The molecule has 0 amide bonds. The van der Waals surface area contributed by atoms with E-state index >= 15 is 0 Å². The summed E-state index contributed by atoms with van der Waals surface area (Å²) in [6, 6.07) is 8.95. The Morgan fingerprint density at radius 3 is 2.42 bits per heavy atom. The Hall–Kier alpha value is -1.06. The van der Waals surface area contributed by atoms with Crippen LogP contribution in [-0.4, -0.2) is 30.8 Å². The lowest BCUT2D eigenvalue weighted by molar-refractivity contribution is -0.0329. The van der Waals surface area contributed by atoms with Crippen LogP contribution in [0.15, 0.2) is 24.3 Å². The Balaban J connectivity index is 1.90. The Kier molecular flexibility index (Phi) is 4.48. The molecule has 0 bridgehead atoms. The fraction of sp³-hybridized carbons (Fsp3) is 0.625. The van der Waals surface area contributed by atoms with E-state index in [0.717, 1.165) is 25.8 Å². The van der Waals surface area contributed by atoms with Gasteiger partial charge in [-0.25, -0.2) is 0 Å². The smallest absolute Gasteiger partial charge is 0.0771 e. The molecule has 0 aromatic heterocycles. The van der Waals surface area contributed by atoms with E-state index in [1.807, 2.05) is 0 Å². The van der Waals surface area contributed by atoms with Gasteiger partial charge in [0.05, 0.1) is 5.60 Å². The molecule has 0 saturated heterocycles. The minimum Gasteiger partial charge on any atom is -0.389 e. The molecular formula is C16H26N2O. The average Bonchev–Trinajstić information content (AvgIpc) is 2.42. The van der Waals surface area contributed by atoms with Gasteiger partial charge in [-0.1, -0.05) is 12.1 Å². The van der Waals surface area contributed by atoms with Crippen LogP contribution in [-0.2, 0) is 0 Å². The fourth-order valence-corrected chi connectivity index (χ4v) is 2.42. The first-order valence-electron chi connectivity index (χ1n) is 7.31. The molecule has 19 heavy (non-hydrogen) atoms. The van der Waals surface area contributed by atoms with Gasteiger partial charge in [0, 0.05) is 31.9 Å². The second kappa shape index (κ2) is 5.93. The molecule has 2 N–H and O–H groups in total. The normalized spacial score (nSPS) is 18.7. The second-order valence-corrected chi connectivity index (χ2v) is 5.79. The minimum atomic E-state index is -0.448. The maximum Gasteiger partial charge on any atom is 0.0771 e. The largest absolute Gasteiger partial charge is 0.389 e. The molecule has 106 valence electrons. The van der Waals surface area contributed by atoms with Crippen molar-refractivity contribution in [3.05, 3.63) is 29.8 Å². The third-order valence-corrected chi connectivity index (χ3v) is 4.33. The Morgan fingerprint density at radius 2 is 1.95 bits per heavy atom. The van der Waals surface area contributed by atoms with Gasteiger partial charge in [-0.05, 0) is 50.8 Å². The predicted molar refractivity (Wildman–Crippen MR) is 80.6 cm³/mol. The Labute approximate surface area is 116 Å². The number of nitrogens with one attached hydrogen (secondary N) is 1. The lowest BCUT2D eigenvalue weighted by atomic mass is 9.80. The molecule has 1 aromatic carbocycles. The first-order chi connectivity index (χ1) is 9.04. The molecule has 1 atom stereocenters. The zero-order valence-electron chi connectivity index (χ0n) is 12.3. The maximum atomic E-state index is 10.1. The van der Waals surface area contributed by atoms with Gasteiger partial charge in [-0.3, -0.25) is 0 Å². The van der Waals surface area contributed by atoms with Crippen molar-refractivity contribution in [1.82, 2.24) is 5.32 Å². The van der Waals surface area contributed by atoms with Crippen molar-refractivity contribution in [2.24, 2.45) is 0 Å². The highest BCUT2D eigenvalue weighted by molar-refractivity contribution is 5.47. The van der Waals surface area contributed by atoms with Crippen molar-refractivity contribution in [3.8, 4) is 0 Å². The number of benzene rings is 1. The van der Waals surface area contributed by atoms with E-state index in [1.165, 1.54) is 11.3 Å². The molecular weight excluding hydrogens is 236 g/mol. The molecule has 0 aliphatic heterocycles. The van der Waals surface area contributed by atoms with Crippen LogP contribution in [0.3, 0.4) is 0 Å². The van der Waals surface area contributed by atoms with Crippen LogP contribution in [0.5, 0.6) is 0 Å². The summed E-state index contributed by atoms with van der Waals surface area (Å²) in [6.45, 7) is 6.02. The molecule has 0 radical (unpaired) electrons. The molecule has 2 rings (SSSR count). The van der Waals surface area contributed by atoms with Crippen LogP contribution in [0, 0.1) is 0 Å². The van der Waals surface area contributed by atoms with E-state index < -0.39 is 5.60 Å². The summed E-state index contributed by atoms with van der Waals surface area (Å²) in [4.78, 5) is 2.22. The van der Waals surface area contributed by atoms with Gasteiger partial charge in [-0.2, -0.15) is 0 Å². The first-order valence-corrected chi connectivity index (χ1v) is 7.31. The van der Waals surface area contributed by atoms with E-state index in [4.69, 9.17) is 0 Å². The Morgan fingerprint density at radius 1 is 1.32 bits per heavy atom. The third-order valence-electron chi connectivity index (χ3n) is 4.33. The van der Waals surface area contributed by atoms with Crippen LogP contribution in [0.25, 0.3) is 0 Å². The van der Waals surface area contributed by atoms with Crippen molar-refractivity contribution < 1.29 is 5.11 Å². The molecule has 0 heterocycles. The van der Waals surface area contributed by atoms with Crippen molar-refractivity contribution in [2.75, 3.05) is 25.0 Å². The number of hydrogen-bond acceptors (Lipinski definition) is 3. The molecule has 0 spiro atoms. The zero-order chi connectivity index (χ0) is 13.9. The topological polar surface area (TPSA) is 35.5 Å². The van der Waals surface area contributed by atoms with E-state index in [2.05, 4.69) is 55.4 Å². The van der Waals surface area contributed by atoms with E-state index in [1.54, 1.807) is 0 Å². The predicted octanol–water partition coefficient (Wildman–Crippen LogP) is 2.71. The third kappa shape index (κ3) is 3.48. The molecule has 3 nitrogen and oxygen atoms in total. The van der Waals surface area contributed by atoms with Gasteiger partial charge in [0.25, 0.3) is 0 Å². The SMILES string of the molecule is CCN(C)c1ccc(C(C)NCC2(O)CCC2)cc1. The Bertz CT molecular complexity index is 398. The first kappa shape index (κ1) is 14.4. The number of hydrogen-bond donors (Lipinski definition) is 2. The van der Waals surface area contributed by atoms with Gasteiger partial charge < -0.3 is 15.3 Å². The van der Waals surface area contributed by atoms with Crippen molar-refractivity contribution in [2.45, 2.75) is 44.8 Å². The van der Waals surface area contributed by atoms with Crippen molar-refractivity contribution in [1.29, 1.82) is 0 Å². The number of rotatable bonds is 6. The van der Waals surface area contributed by atoms with Crippen molar-refractivity contribution in [3.63, 3.8) is 0 Å². The summed E-state index contributed by atoms with van der Waals surface area (Å²) in [5.41, 5.74) is 2.07. The highest BCUT2D eigenvalue weighted by Gasteiger charge is 2.34. The average molecular weight is 262 g/mol. The highest BCUT2D eigenvalue weighted by atomic mass is 16.3. The van der Waals surface area contributed by atoms with Crippen molar-refractivity contribution >= 4 is 5.69 Å².